The summed E-state index contributed by atoms with van der Waals surface area (Å²) in [6.45, 7) is 1.73. The molecule has 3 N–H and O–H groups in total. The van der Waals surface area contributed by atoms with Crippen molar-refractivity contribution in [3.63, 3.8) is 0 Å². The largest absolute Gasteiger partial charge is 0.496 e. The summed E-state index contributed by atoms with van der Waals surface area (Å²) in [5.74, 6) is -1.92. The Labute approximate surface area is 183 Å². The predicted molar refractivity (Wildman–Crippen MR) is 120 cm³/mol. The highest BCUT2D eigenvalue weighted by molar-refractivity contribution is 7.80. The van der Waals surface area contributed by atoms with Gasteiger partial charge in [0.2, 0.25) is 0 Å². The summed E-state index contributed by atoms with van der Waals surface area (Å²) < 4.78 is 32.5. The van der Waals surface area contributed by atoms with Crippen molar-refractivity contribution in [3.05, 3.63) is 83.1 Å². The van der Waals surface area contributed by atoms with E-state index in [0.717, 1.165) is 28.5 Å². The Balaban J connectivity index is 1.82. The Morgan fingerprint density at radius 1 is 1.10 bits per heavy atom. The number of halogens is 2. The lowest BCUT2D eigenvalue weighted by Crippen LogP contribution is -2.46. The lowest BCUT2D eigenvalue weighted by molar-refractivity contribution is -0.113. The van der Waals surface area contributed by atoms with Crippen LogP contribution in [0.3, 0.4) is 0 Å². The van der Waals surface area contributed by atoms with E-state index in [9.17, 15) is 13.6 Å². The average molecular weight is 439 g/mol. The summed E-state index contributed by atoms with van der Waals surface area (Å²) in [4.78, 5) is 13.3. The number of allylic oxidation sites excluding steroid dienone is 1. The Bertz CT molecular complexity index is 1240. The zero-order valence-electron chi connectivity index (χ0n) is 16.8. The van der Waals surface area contributed by atoms with Gasteiger partial charge in [0.05, 0.1) is 18.7 Å². The molecule has 8 heteroatoms. The topological polar surface area (TPSA) is 62.4 Å². The van der Waals surface area contributed by atoms with Gasteiger partial charge in [-0.3, -0.25) is 4.79 Å². The van der Waals surface area contributed by atoms with E-state index in [4.69, 9.17) is 17.0 Å². The second-order valence-corrected chi connectivity index (χ2v) is 7.46. The fourth-order valence-corrected chi connectivity index (χ4v) is 4.01. The smallest absolute Gasteiger partial charge is 0.255 e. The lowest BCUT2D eigenvalue weighted by atomic mass is 9.90. The monoisotopic (exact) mass is 439 g/mol. The molecule has 5 nitrogen and oxygen atoms in total. The molecule has 1 aliphatic heterocycles. The number of hydrogen-bond donors (Lipinski definition) is 3. The van der Waals surface area contributed by atoms with Gasteiger partial charge in [0.1, 0.15) is 5.75 Å². The maximum absolute atomic E-state index is 13.6. The molecule has 4 rings (SSSR count). The van der Waals surface area contributed by atoms with E-state index < -0.39 is 23.6 Å². The molecule has 3 aromatic rings. The van der Waals surface area contributed by atoms with Gasteiger partial charge in [-0.05, 0) is 48.1 Å². The zero-order chi connectivity index (χ0) is 22.1. The standard InChI is InChI=1S/C23H19F2N3O2S/c1-12-19(22(29)27-14-8-9-16(24)17(25)11-14)21(28-23(31)26-12)20-15-6-4-3-5-13(15)7-10-18(20)30-2/h3-11,21H,1-2H3,(H,27,29)(H2,26,28,31)/t21-/m0/s1. The van der Waals surface area contributed by atoms with E-state index in [-0.39, 0.29) is 5.69 Å². The van der Waals surface area contributed by atoms with Crippen LogP contribution in [0.5, 0.6) is 5.75 Å². The Morgan fingerprint density at radius 2 is 1.87 bits per heavy atom. The minimum Gasteiger partial charge on any atom is -0.496 e. The molecule has 0 aliphatic carbocycles. The summed E-state index contributed by atoms with van der Waals surface area (Å²) >= 11 is 5.34. The van der Waals surface area contributed by atoms with Crippen LogP contribution < -0.4 is 20.7 Å². The minimum absolute atomic E-state index is 0.140. The molecule has 0 unspecified atom stereocenters. The number of carbonyl (C=O) groups excluding carboxylic acids is 1. The number of methoxy groups -OCH3 is 1. The average Bonchev–Trinajstić information content (AvgIpc) is 2.74. The molecule has 1 heterocycles. The van der Waals surface area contributed by atoms with Crippen molar-refractivity contribution >= 4 is 39.7 Å². The van der Waals surface area contributed by atoms with Crippen molar-refractivity contribution in [2.75, 3.05) is 12.4 Å². The highest BCUT2D eigenvalue weighted by Crippen LogP contribution is 2.38. The van der Waals surface area contributed by atoms with Gasteiger partial charge in [0.15, 0.2) is 16.7 Å². The predicted octanol–water partition coefficient (Wildman–Crippen LogP) is 4.56. The second-order valence-electron chi connectivity index (χ2n) is 7.06. The second kappa shape index (κ2) is 8.31. The summed E-state index contributed by atoms with van der Waals surface area (Å²) in [6.07, 6.45) is 0. The van der Waals surface area contributed by atoms with E-state index in [2.05, 4.69) is 16.0 Å². The van der Waals surface area contributed by atoms with Gasteiger partial charge in [-0.2, -0.15) is 0 Å². The first-order chi connectivity index (χ1) is 14.9. The molecule has 158 valence electrons. The van der Waals surface area contributed by atoms with Gasteiger partial charge in [-0.25, -0.2) is 8.78 Å². The van der Waals surface area contributed by atoms with Crippen molar-refractivity contribution in [3.8, 4) is 5.75 Å². The van der Waals surface area contributed by atoms with Gasteiger partial charge >= 0.3 is 0 Å². The number of ether oxygens (including phenoxy) is 1. The molecule has 1 amide bonds. The zero-order valence-corrected chi connectivity index (χ0v) is 17.6. The van der Waals surface area contributed by atoms with Crippen LogP contribution >= 0.6 is 12.2 Å². The fourth-order valence-electron chi connectivity index (χ4n) is 3.74. The lowest BCUT2D eigenvalue weighted by Gasteiger charge is -2.32. The number of hydrogen-bond acceptors (Lipinski definition) is 3. The van der Waals surface area contributed by atoms with Crippen molar-refractivity contribution in [1.29, 1.82) is 0 Å². The Kier molecular flexibility index (Phi) is 5.56. The molecule has 0 aromatic heterocycles. The molecule has 3 aromatic carbocycles. The van der Waals surface area contributed by atoms with Crippen LogP contribution in [0.25, 0.3) is 10.8 Å². The van der Waals surface area contributed by atoms with Gasteiger partial charge in [-0.1, -0.05) is 30.3 Å². The number of rotatable bonds is 4. The Hall–Kier alpha value is -3.52. The first-order valence-electron chi connectivity index (χ1n) is 9.49. The van der Waals surface area contributed by atoms with Crippen LogP contribution in [0.15, 0.2) is 65.9 Å². The van der Waals surface area contributed by atoms with E-state index in [1.165, 1.54) is 6.07 Å². The summed E-state index contributed by atoms with van der Waals surface area (Å²) in [5, 5.41) is 11.0. The Morgan fingerprint density at radius 3 is 2.61 bits per heavy atom. The molecule has 0 bridgehead atoms. The van der Waals surface area contributed by atoms with Crippen LogP contribution in [0.4, 0.5) is 14.5 Å². The molecule has 1 atom stereocenters. The summed E-state index contributed by atoms with van der Waals surface area (Å²) in [6, 6.07) is 14.1. The molecule has 0 saturated heterocycles. The third-order valence-electron chi connectivity index (χ3n) is 5.13. The van der Waals surface area contributed by atoms with Gasteiger partial charge in [0, 0.05) is 23.0 Å². The van der Waals surface area contributed by atoms with E-state index in [1.807, 2.05) is 36.4 Å². The number of nitrogens with one attached hydrogen (secondary N) is 3. The molecular weight excluding hydrogens is 420 g/mol. The van der Waals surface area contributed by atoms with Crippen molar-refractivity contribution in [1.82, 2.24) is 10.6 Å². The van der Waals surface area contributed by atoms with Crippen LogP contribution in [0.2, 0.25) is 0 Å². The molecule has 0 saturated carbocycles. The molecule has 0 fully saturated rings. The molecular formula is C23H19F2N3O2S. The van der Waals surface area contributed by atoms with E-state index in [0.29, 0.717) is 22.1 Å². The SMILES string of the molecule is COc1ccc2ccccc2c1[C@H]1NC(=S)NC(C)=C1C(=O)Nc1ccc(F)c(F)c1. The number of anilines is 1. The maximum Gasteiger partial charge on any atom is 0.255 e. The van der Waals surface area contributed by atoms with Crippen LogP contribution in [0, 0.1) is 11.6 Å². The fraction of sp³-hybridized carbons (Fsp3) is 0.130. The van der Waals surface area contributed by atoms with Gasteiger partial charge < -0.3 is 20.7 Å². The summed E-state index contributed by atoms with van der Waals surface area (Å²) in [7, 11) is 1.56. The third kappa shape index (κ3) is 3.94. The minimum atomic E-state index is -1.04. The van der Waals surface area contributed by atoms with Crippen molar-refractivity contribution < 1.29 is 18.3 Å². The number of carbonyl (C=O) groups is 1. The third-order valence-corrected chi connectivity index (χ3v) is 5.35. The van der Waals surface area contributed by atoms with E-state index >= 15 is 0 Å². The molecule has 0 radical (unpaired) electrons. The molecule has 31 heavy (non-hydrogen) atoms. The van der Waals surface area contributed by atoms with Crippen LogP contribution in [-0.4, -0.2) is 18.1 Å². The van der Waals surface area contributed by atoms with Gasteiger partial charge in [-0.15, -0.1) is 0 Å². The first-order valence-corrected chi connectivity index (χ1v) is 9.90. The highest BCUT2D eigenvalue weighted by atomic mass is 32.1. The normalized spacial score (nSPS) is 16.0. The first kappa shape index (κ1) is 20.7. The number of fused-ring (bicyclic) bond motifs is 1. The number of benzene rings is 3. The number of amides is 1. The molecule has 1 aliphatic rings. The van der Waals surface area contributed by atoms with Crippen molar-refractivity contribution in [2.24, 2.45) is 0 Å². The van der Waals surface area contributed by atoms with E-state index in [1.54, 1.807) is 14.0 Å². The van der Waals surface area contributed by atoms with Crippen LogP contribution in [0.1, 0.15) is 18.5 Å². The van der Waals surface area contributed by atoms with Crippen molar-refractivity contribution in [2.45, 2.75) is 13.0 Å². The maximum atomic E-state index is 13.6. The quantitative estimate of drug-likeness (QED) is 0.521. The highest BCUT2D eigenvalue weighted by Gasteiger charge is 2.33. The van der Waals surface area contributed by atoms with Gasteiger partial charge in [0.25, 0.3) is 5.91 Å². The van der Waals surface area contributed by atoms with Crippen LogP contribution in [-0.2, 0) is 4.79 Å². The molecule has 0 spiro atoms. The summed E-state index contributed by atoms with van der Waals surface area (Å²) in [5.41, 5.74) is 1.79. The number of thiocarbonyl (C=S) groups is 1.